The van der Waals surface area contributed by atoms with Crippen molar-refractivity contribution in [3.8, 4) is 11.1 Å². The number of hydrogen-bond donors (Lipinski definition) is 2. The minimum absolute atomic E-state index is 0.0673. The third-order valence-electron chi connectivity index (χ3n) is 6.83. The van der Waals surface area contributed by atoms with E-state index >= 15 is 0 Å². The monoisotopic (exact) mass is 466 g/mol. The summed E-state index contributed by atoms with van der Waals surface area (Å²) in [4.78, 5) is 38.8. The molecule has 0 saturated carbocycles. The number of nitrogens with zero attached hydrogens (tertiary/aromatic N) is 1. The molecule has 8 heteroatoms. The summed E-state index contributed by atoms with van der Waals surface area (Å²) >= 11 is 0. The third kappa shape index (κ3) is 4.25. The fraction of sp³-hybridized carbons (Fsp3) is 0.423. The molecule has 0 spiro atoms. The first kappa shape index (κ1) is 23.8. The van der Waals surface area contributed by atoms with Gasteiger partial charge in [-0.25, -0.2) is 9.59 Å². The Morgan fingerprint density at radius 2 is 1.65 bits per heavy atom. The van der Waals surface area contributed by atoms with E-state index in [9.17, 15) is 19.5 Å². The molecule has 180 valence electrons. The minimum Gasteiger partial charge on any atom is -0.480 e. The molecule has 1 fully saturated rings. The number of carboxylic acids is 1. The Hall–Kier alpha value is -3.39. The zero-order valence-corrected chi connectivity index (χ0v) is 19.6. The molecule has 4 rings (SSSR count). The summed E-state index contributed by atoms with van der Waals surface area (Å²) in [6.07, 6.45) is -0.629. The Labute approximate surface area is 198 Å². The molecular formula is C26H30N2O6. The van der Waals surface area contributed by atoms with Crippen molar-refractivity contribution < 1.29 is 29.0 Å². The van der Waals surface area contributed by atoms with Gasteiger partial charge in [0.2, 0.25) is 5.91 Å². The van der Waals surface area contributed by atoms with Gasteiger partial charge < -0.3 is 24.8 Å². The lowest BCUT2D eigenvalue weighted by molar-refractivity contribution is -0.158. The number of hydrogen-bond acceptors (Lipinski definition) is 5. The average Bonchev–Trinajstić information content (AvgIpc) is 3.40. The number of likely N-dealkylation sites (N-methyl/N-ethyl adjacent to an activating group) is 1. The number of carbonyl (C=O) groups is 3. The summed E-state index contributed by atoms with van der Waals surface area (Å²) in [6.45, 7) is 5.36. The van der Waals surface area contributed by atoms with Gasteiger partial charge in [0.15, 0.2) is 0 Å². The second kappa shape index (κ2) is 9.46. The van der Waals surface area contributed by atoms with Crippen molar-refractivity contribution in [2.75, 3.05) is 26.4 Å². The van der Waals surface area contributed by atoms with Crippen LogP contribution >= 0.6 is 0 Å². The third-order valence-corrected chi connectivity index (χ3v) is 6.83. The van der Waals surface area contributed by atoms with E-state index in [1.54, 1.807) is 6.92 Å². The van der Waals surface area contributed by atoms with Crippen LogP contribution in [-0.2, 0) is 19.1 Å². The van der Waals surface area contributed by atoms with Crippen molar-refractivity contribution >= 4 is 18.0 Å². The number of ether oxygens (including phenoxy) is 2. The molecule has 2 atom stereocenters. The lowest BCUT2D eigenvalue weighted by atomic mass is 9.96. The van der Waals surface area contributed by atoms with E-state index in [1.807, 2.05) is 36.4 Å². The fourth-order valence-electron chi connectivity index (χ4n) is 4.87. The maximum absolute atomic E-state index is 13.2. The second-order valence-electron chi connectivity index (χ2n) is 9.17. The highest BCUT2D eigenvalue weighted by Gasteiger charge is 2.44. The quantitative estimate of drug-likeness (QED) is 0.649. The summed E-state index contributed by atoms with van der Waals surface area (Å²) in [5, 5.41) is 12.3. The molecular weight excluding hydrogens is 436 g/mol. The van der Waals surface area contributed by atoms with Gasteiger partial charge in [-0.2, -0.15) is 0 Å². The topological polar surface area (TPSA) is 105 Å². The van der Waals surface area contributed by atoms with E-state index in [1.165, 1.54) is 18.7 Å². The maximum Gasteiger partial charge on any atom is 0.407 e. The van der Waals surface area contributed by atoms with Crippen LogP contribution in [0.5, 0.6) is 0 Å². The molecule has 2 amide bonds. The zero-order valence-electron chi connectivity index (χ0n) is 19.6. The standard InChI is InChI=1S/C26H30N2O6/c1-4-28(26(2,3)24(30)31)23(29)21-13-33-15-22(21)27-25(32)34-14-20-18-11-7-5-9-16(18)17-10-6-8-12-19(17)20/h5-12,20-22H,4,13-15H2,1-3H3,(H,27,32)(H,30,31). The lowest BCUT2D eigenvalue weighted by Crippen LogP contribution is -2.57. The molecule has 2 aromatic rings. The molecule has 1 saturated heterocycles. The number of nitrogens with one attached hydrogen (secondary N) is 1. The first-order chi connectivity index (χ1) is 16.3. The van der Waals surface area contributed by atoms with Gasteiger partial charge >= 0.3 is 12.1 Å². The predicted octanol–water partition coefficient (Wildman–Crippen LogP) is 3.25. The van der Waals surface area contributed by atoms with E-state index in [-0.39, 0.29) is 38.2 Å². The summed E-state index contributed by atoms with van der Waals surface area (Å²) < 4.78 is 11.1. The molecule has 2 aliphatic rings. The van der Waals surface area contributed by atoms with Gasteiger partial charge in [-0.3, -0.25) is 4.79 Å². The van der Waals surface area contributed by atoms with Gasteiger partial charge in [0, 0.05) is 12.5 Å². The van der Waals surface area contributed by atoms with E-state index in [0.29, 0.717) is 0 Å². The van der Waals surface area contributed by atoms with Gasteiger partial charge in [0.1, 0.15) is 12.1 Å². The van der Waals surface area contributed by atoms with Crippen molar-refractivity contribution in [1.29, 1.82) is 0 Å². The summed E-state index contributed by atoms with van der Waals surface area (Å²) in [7, 11) is 0. The number of alkyl carbamates (subject to hydrolysis) is 1. The normalized spacial score (nSPS) is 19.3. The van der Waals surface area contributed by atoms with E-state index in [2.05, 4.69) is 17.4 Å². The van der Waals surface area contributed by atoms with Crippen LogP contribution < -0.4 is 5.32 Å². The second-order valence-corrected chi connectivity index (χ2v) is 9.17. The number of rotatable bonds is 7. The molecule has 0 bridgehead atoms. The Balaban J connectivity index is 1.41. The zero-order chi connectivity index (χ0) is 24.5. The Morgan fingerprint density at radius 3 is 2.21 bits per heavy atom. The van der Waals surface area contributed by atoms with E-state index in [0.717, 1.165) is 22.3 Å². The maximum atomic E-state index is 13.2. The number of fused-ring (bicyclic) bond motifs is 3. The van der Waals surface area contributed by atoms with Crippen LogP contribution in [0.4, 0.5) is 4.79 Å². The number of carboxylic acid groups (broad SMARTS) is 1. The van der Waals surface area contributed by atoms with Gasteiger partial charge in [-0.1, -0.05) is 48.5 Å². The minimum atomic E-state index is -1.37. The Morgan fingerprint density at radius 1 is 1.06 bits per heavy atom. The van der Waals surface area contributed by atoms with Crippen LogP contribution in [0.3, 0.4) is 0 Å². The number of benzene rings is 2. The van der Waals surface area contributed by atoms with Crippen molar-refractivity contribution in [3.63, 3.8) is 0 Å². The highest BCUT2D eigenvalue weighted by atomic mass is 16.5. The molecule has 2 unspecified atom stereocenters. The molecule has 34 heavy (non-hydrogen) atoms. The average molecular weight is 467 g/mol. The van der Waals surface area contributed by atoms with Crippen molar-refractivity contribution in [2.24, 2.45) is 5.92 Å². The lowest BCUT2D eigenvalue weighted by Gasteiger charge is -2.36. The molecule has 1 aliphatic heterocycles. The molecule has 2 aromatic carbocycles. The Bertz CT molecular complexity index is 1050. The van der Waals surface area contributed by atoms with Crippen LogP contribution in [-0.4, -0.2) is 65.9 Å². The molecule has 2 N–H and O–H groups in total. The molecule has 0 aromatic heterocycles. The van der Waals surface area contributed by atoms with Crippen LogP contribution in [0.25, 0.3) is 11.1 Å². The molecule has 8 nitrogen and oxygen atoms in total. The first-order valence-corrected chi connectivity index (χ1v) is 11.5. The first-order valence-electron chi connectivity index (χ1n) is 11.5. The summed E-state index contributed by atoms with van der Waals surface area (Å²) in [6, 6.07) is 15.6. The van der Waals surface area contributed by atoms with Crippen LogP contribution in [0.1, 0.15) is 37.8 Å². The van der Waals surface area contributed by atoms with Gasteiger partial charge in [-0.05, 0) is 43.0 Å². The predicted molar refractivity (Wildman–Crippen MR) is 125 cm³/mol. The van der Waals surface area contributed by atoms with Crippen LogP contribution in [0.15, 0.2) is 48.5 Å². The number of amides is 2. The van der Waals surface area contributed by atoms with Gasteiger partial charge in [-0.15, -0.1) is 0 Å². The van der Waals surface area contributed by atoms with Crippen LogP contribution in [0, 0.1) is 5.92 Å². The fourth-order valence-corrected chi connectivity index (χ4v) is 4.87. The van der Waals surface area contributed by atoms with Crippen molar-refractivity contribution in [2.45, 2.75) is 38.3 Å². The highest BCUT2D eigenvalue weighted by Crippen LogP contribution is 2.44. The number of aliphatic carboxylic acids is 1. The van der Waals surface area contributed by atoms with Crippen LogP contribution in [0.2, 0.25) is 0 Å². The Kier molecular flexibility index (Phi) is 6.61. The summed E-state index contributed by atoms with van der Waals surface area (Å²) in [5.41, 5.74) is 3.14. The molecule has 1 heterocycles. The SMILES string of the molecule is CCN(C(=O)C1COCC1NC(=O)OCC1c2ccccc2-c2ccccc21)C(C)(C)C(=O)O. The van der Waals surface area contributed by atoms with E-state index in [4.69, 9.17) is 9.47 Å². The van der Waals surface area contributed by atoms with E-state index < -0.39 is 29.6 Å². The van der Waals surface area contributed by atoms with Crippen molar-refractivity contribution in [3.05, 3.63) is 59.7 Å². The largest absolute Gasteiger partial charge is 0.480 e. The molecule has 1 aliphatic carbocycles. The van der Waals surface area contributed by atoms with Crippen molar-refractivity contribution in [1.82, 2.24) is 10.2 Å². The van der Waals surface area contributed by atoms with Gasteiger partial charge in [0.25, 0.3) is 0 Å². The van der Waals surface area contributed by atoms with Gasteiger partial charge in [0.05, 0.1) is 25.2 Å². The summed E-state index contributed by atoms with van der Waals surface area (Å²) in [5.74, 6) is -2.21. The highest BCUT2D eigenvalue weighted by molar-refractivity contribution is 5.88. The molecule has 0 radical (unpaired) electrons. The smallest absolute Gasteiger partial charge is 0.407 e. The number of carbonyl (C=O) groups excluding carboxylic acids is 2.